The molecular formula is C28H48O2. The van der Waals surface area contributed by atoms with Gasteiger partial charge in [0.2, 0.25) is 0 Å². The van der Waals surface area contributed by atoms with Gasteiger partial charge in [-0.25, -0.2) is 0 Å². The third-order valence-electron chi connectivity index (χ3n) is 10.7. The zero-order chi connectivity index (χ0) is 21.5. The molecule has 4 aliphatic rings. The van der Waals surface area contributed by atoms with E-state index in [0.717, 1.165) is 48.3 Å². The van der Waals surface area contributed by atoms with E-state index in [4.69, 9.17) is 4.74 Å². The second-order valence-electron chi connectivity index (χ2n) is 12.7. The lowest BCUT2D eigenvalue weighted by molar-refractivity contribution is -0.160. The summed E-state index contributed by atoms with van der Waals surface area (Å²) in [6.07, 6.45) is 18.2. The lowest BCUT2D eigenvalue weighted by Gasteiger charge is -2.61. The molecule has 0 aromatic rings. The Morgan fingerprint density at radius 3 is 2.40 bits per heavy atom. The van der Waals surface area contributed by atoms with Crippen LogP contribution in [0.3, 0.4) is 0 Å². The molecule has 2 heteroatoms. The van der Waals surface area contributed by atoms with Crippen molar-refractivity contribution in [1.82, 2.24) is 0 Å². The lowest BCUT2D eigenvalue weighted by atomic mass is 9.44. The SMILES string of the molecule is CC(=O)O[C@H]1CC[C@@]2(C)C(CC[C@H]3[C@@H]4CC[C@H](CCCCC(C)C)[C@@]4(C)CC[C@@H]32)C1. The Labute approximate surface area is 186 Å². The first-order valence-electron chi connectivity index (χ1n) is 13.4. The van der Waals surface area contributed by atoms with Crippen LogP contribution in [0, 0.1) is 46.3 Å². The Bertz CT molecular complexity index is 612. The molecule has 4 rings (SSSR count). The van der Waals surface area contributed by atoms with Crippen molar-refractivity contribution in [3.63, 3.8) is 0 Å². The van der Waals surface area contributed by atoms with E-state index in [2.05, 4.69) is 27.7 Å². The molecule has 0 aromatic heterocycles. The summed E-state index contributed by atoms with van der Waals surface area (Å²) < 4.78 is 5.64. The number of hydrogen-bond donors (Lipinski definition) is 0. The number of carbonyl (C=O) groups is 1. The molecule has 0 radical (unpaired) electrons. The van der Waals surface area contributed by atoms with Crippen LogP contribution >= 0.6 is 0 Å². The molecule has 4 aliphatic carbocycles. The summed E-state index contributed by atoms with van der Waals surface area (Å²) >= 11 is 0. The largest absolute Gasteiger partial charge is 0.463 e. The Morgan fingerprint density at radius 1 is 0.933 bits per heavy atom. The maximum atomic E-state index is 11.5. The highest BCUT2D eigenvalue weighted by molar-refractivity contribution is 5.66. The van der Waals surface area contributed by atoms with Crippen LogP contribution in [0.1, 0.15) is 118 Å². The van der Waals surface area contributed by atoms with E-state index < -0.39 is 0 Å². The Balaban J connectivity index is 1.40. The monoisotopic (exact) mass is 416 g/mol. The van der Waals surface area contributed by atoms with Gasteiger partial charge in [-0.2, -0.15) is 0 Å². The molecule has 0 spiro atoms. The summed E-state index contributed by atoms with van der Waals surface area (Å²) in [4.78, 5) is 11.5. The summed E-state index contributed by atoms with van der Waals surface area (Å²) in [6, 6.07) is 0. The molecule has 4 saturated carbocycles. The van der Waals surface area contributed by atoms with Crippen LogP contribution in [0.4, 0.5) is 0 Å². The molecule has 1 unspecified atom stereocenters. The predicted octanol–water partition coefficient (Wildman–Crippen LogP) is 7.79. The summed E-state index contributed by atoms with van der Waals surface area (Å²) in [6.45, 7) is 11.6. The summed E-state index contributed by atoms with van der Waals surface area (Å²) in [7, 11) is 0. The van der Waals surface area contributed by atoms with Crippen molar-refractivity contribution in [2.75, 3.05) is 0 Å². The molecular weight excluding hydrogens is 368 g/mol. The first kappa shape index (κ1) is 22.7. The third-order valence-corrected chi connectivity index (χ3v) is 10.7. The van der Waals surface area contributed by atoms with Crippen molar-refractivity contribution in [2.45, 2.75) is 124 Å². The van der Waals surface area contributed by atoms with Gasteiger partial charge >= 0.3 is 5.97 Å². The van der Waals surface area contributed by atoms with E-state index in [1.54, 1.807) is 6.92 Å². The quantitative estimate of drug-likeness (QED) is 0.326. The Kier molecular flexibility index (Phi) is 6.63. The lowest BCUT2D eigenvalue weighted by Crippen LogP contribution is -2.54. The molecule has 172 valence electrons. The Hall–Kier alpha value is -0.530. The van der Waals surface area contributed by atoms with E-state index in [-0.39, 0.29) is 12.1 Å². The van der Waals surface area contributed by atoms with Gasteiger partial charge in [0.25, 0.3) is 0 Å². The number of fused-ring (bicyclic) bond motifs is 5. The Morgan fingerprint density at radius 2 is 1.67 bits per heavy atom. The van der Waals surface area contributed by atoms with Gasteiger partial charge in [-0.3, -0.25) is 4.79 Å². The third kappa shape index (κ3) is 4.11. The minimum Gasteiger partial charge on any atom is -0.463 e. The van der Waals surface area contributed by atoms with Crippen molar-refractivity contribution >= 4 is 5.97 Å². The van der Waals surface area contributed by atoms with Crippen LogP contribution < -0.4 is 0 Å². The zero-order valence-electron chi connectivity index (χ0n) is 20.6. The molecule has 0 saturated heterocycles. The number of carbonyl (C=O) groups excluding carboxylic acids is 1. The molecule has 0 heterocycles. The van der Waals surface area contributed by atoms with E-state index in [0.29, 0.717) is 10.8 Å². The minimum absolute atomic E-state index is 0.0869. The predicted molar refractivity (Wildman–Crippen MR) is 124 cm³/mol. The van der Waals surface area contributed by atoms with Crippen molar-refractivity contribution < 1.29 is 9.53 Å². The highest BCUT2D eigenvalue weighted by Crippen LogP contribution is 2.68. The van der Waals surface area contributed by atoms with E-state index in [1.165, 1.54) is 70.6 Å². The van der Waals surface area contributed by atoms with Crippen LogP contribution in [-0.2, 0) is 9.53 Å². The van der Waals surface area contributed by atoms with Crippen LogP contribution in [-0.4, -0.2) is 12.1 Å². The number of unbranched alkanes of at least 4 members (excludes halogenated alkanes) is 1. The van der Waals surface area contributed by atoms with Gasteiger partial charge in [-0.15, -0.1) is 0 Å². The smallest absolute Gasteiger partial charge is 0.302 e. The second kappa shape index (κ2) is 8.78. The van der Waals surface area contributed by atoms with E-state index in [9.17, 15) is 4.79 Å². The van der Waals surface area contributed by atoms with Gasteiger partial charge in [0.15, 0.2) is 0 Å². The topological polar surface area (TPSA) is 26.3 Å². The van der Waals surface area contributed by atoms with Crippen LogP contribution in [0.5, 0.6) is 0 Å². The van der Waals surface area contributed by atoms with Crippen LogP contribution in [0.25, 0.3) is 0 Å². The highest BCUT2D eigenvalue weighted by Gasteiger charge is 2.60. The molecule has 30 heavy (non-hydrogen) atoms. The van der Waals surface area contributed by atoms with Crippen molar-refractivity contribution in [2.24, 2.45) is 46.3 Å². The first-order chi connectivity index (χ1) is 14.2. The molecule has 0 N–H and O–H groups in total. The average Bonchev–Trinajstić information content (AvgIpc) is 3.01. The molecule has 2 nitrogen and oxygen atoms in total. The van der Waals surface area contributed by atoms with Gasteiger partial charge in [-0.05, 0) is 111 Å². The molecule has 0 aromatic carbocycles. The van der Waals surface area contributed by atoms with Gasteiger partial charge in [0.1, 0.15) is 6.10 Å². The number of ether oxygens (including phenoxy) is 1. The fourth-order valence-electron chi connectivity index (χ4n) is 9.09. The van der Waals surface area contributed by atoms with Crippen LogP contribution in [0.15, 0.2) is 0 Å². The van der Waals surface area contributed by atoms with Gasteiger partial charge < -0.3 is 4.74 Å². The van der Waals surface area contributed by atoms with Crippen molar-refractivity contribution in [1.29, 1.82) is 0 Å². The molecule has 0 amide bonds. The average molecular weight is 417 g/mol. The summed E-state index contributed by atoms with van der Waals surface area (Å²) in [5, 5.41) is 0. The van der Waals surface area contributed by atoms with E-state index >= 15 is 0 Å². The normalized spacial score (nSPS) is 45.5. The standard InChI is InChI=1S/C28H48O2/c1-19(2)8-6-7-9-21-11-13-25-24-12-10-22-18-23(30-20(3)29)14-16-28(22,5)26(24)15-17-27(21,25)4/h19,21-26H,6-18H2,1-5H3/t21-,22?,23-,24-,25-,26-,27+,28-/m0/s1. The number of rotatable bonds is 6. The highest BCUT2D eigenvalue weighted by atomic mass is 16.5. The van der Waals surface area contributed by atoms with E-state index in [1.807, 2.05) is 0 Å². The maximum absolute atomic E-state index is 11.5. The summed E-state index contributed by atoms with van der Waals surface area (Å²) in [5.41, 5.74) is 1.12. The molecule has 8 atom stereocenters. The molecule has 0 aliphatic heterocycles. The van der Waals surface area contributed by atoms with Gasteiger partial charge in [-0.1, -0.05) is 47.0 Å². The molecule has 0 bridgehead atoms. The van der Waals surface area contributed by atoms with Crippen LogP contribution in [0.2, 0.25) is 0 Å². The van der Waals surface area contributed by atoms with Crippen molar-refractivity contribution in [3.05, 3.63) is 0 Å². The minimum atomic E-state index is -0.0869. The zero-order valence-corrected chi connectivity index (χ0v) is 20.6. The number of esters is 1. The number of hydrogen-bond acceptors (Lipinski definition) is 2. The van der Waals surface area contributed by atoms with Gasteiger partial charge in [0.05, 0.1) is 0 Å². The fourth-order valence-corrected chi connectivity index (χ4v) is 9.09. The van der Waals surface area contributed by atoms with Gasteiger partial charge in [0, 0.05) is 6.92 Å². The molecule has 4 fully saturated rings. The van der Waals surface area contributed by atoms with Crippen molar-refractivity contribution in [3.8, 4) is 0 Å². The fraction of sp³-hybridized carbons (Fsp3) is 0.964. The first-order valence-corrected chi connectivity index (χ1v) is 13.4. The second-order valence-corrected chi connectivity index (χ2v) is 12.7. The maximum Gasteiger partial charge on any atom is 0.302 e. The summed E-state index contributed by atoms with van der Waals surface area (Å²) in [5.74, 6) is 5.41.